The molecule has 2 aromatic rings. The number of nitrogens with one attached hydrogen (secondary N) is 1. The number of carbonyl (C=O) groups excluding carboxylic acids is 1. The molecule has 1 atom stereocenters. The van der Waals surface area contributed by atoms with E-state index in [4.69, 9.17) is 0 Å². The number of hydrogen-bond acceptors (Lipinski definition) is 4. The van der Waals surface area contributed by atoms with Gasteiger partial charge in [0, 0.05) is 9.75 Å². The second-order valence-corrected chi connectivity index (χ2v) is 7.55. The fraction of sp³-hybridized carbons (Fsp3) is 0.471. The summed E-state index contributed by atoms with van der Waals surface area (Å²) < 4.78 is 0. The van der Waals surface area contributed by atoms with E-state index in [1.54, 1.807) is 22.7 Å². The van der Waals surface area contributed by atoms with Crippen molar-refractivity contribution in [2.24, 2.45) is 0 Å². The highest BCUT2D eigenvalue weighted by Crippen LogP contribution is 2.17. The first-order chi connectivity index (χ1) is 11.2. The Kier molecular flexibility index (Phi) is 7.58. The van der Waals surface area contributed by atoms with Crippen LogP contribution in [0, 0.1) is 0 Å². The van der Waals surface area contributed by atoms with E-state index in [1.165, 1.54) is 0 Å². The molecule has 0 aromatic carbocycles. The molecule has 0 fully saturated rings. The molecule has 0 aliphatic heterocycles. The average Bonchev–Trinajstić information content (AvgIpc) is 3.24. The average molecular weight is 353 g/mol. The molecule has 126 valence electrons. The zero-order valence-electron chi connectivity index (χ0n) is 13.4. The van der Waals surface area contributed by atoms with Crippen LogP contribution >= 0.6 is 22.7 Å². The van der Waals surface area contributed by atoms with Crippen LogP contribution in [0.15, 0.2) is 35.0 Å². The van der Waals surface area contributed by atoms with Gasteiger partial charge in [-0.15, -0.1) is 22.7 Å². The lowest BCUT2D eigenvalue weighted by atomic mass is 10.1. The Bertz CT molecular complexity index is 519. The molecule has 2 rings (SSSR count). The van der Waals surface area contributed by atoms with Crippen LogP contribution in [0.4, 0.5) is 4.79 Å². The van der Waals surface area contributed by atoms with Crippen molar-refractivity contribution in [3.8, 4) is 0 Å². The van der Waals surface area contributed by atoms with Gasteiger partial charge >= 0.3 is 6.03 Å². The van der Waals surface area contributed by atoms with Crippen molar-refractivity contribution >= 4 is 28.7 Å². The lowest BCUT2D eigenvalue weighted by Gasteiger charge is -2.25. The summed E-state index contributed by atoms with van der Waals surface area (Å²) in [6.45, 7) is 3.27. The SMILES string of the molecule is CCCC[C@@H](CO)NC(=O)N(Cc1cccs1)Cc1cccs1. The lowest BCUT2D eigenvalue weighted by molar-refractivity contribution is 0.175. The summed E-state index contributed by atoms with van der Waals surface area (Å²) in [5, 5.41) is 16.5. The Hall–Kier alpha value is -1.37. The summed E-state index contributed by atoms with van der Waals surface area (Å²) in [5.41, 5.74) is 0. The number of thiophene rings is 2. The number of aliphatic hydroxyl groups excluding tert-OH is 1. The second kappa shape index (κ2) is 9.70. The minimum absolute atomic E-state index is 0.0163. The Labute approximate surface area is 145 Å². The van der Waals surface area contributed by atoms with Crippen LogP contribution in [0.5, 0.6) is 0 Å². The first kappa shape index (κ1) is 18.0. The van der Waals surface area contributed by atoms with E-state index in [1.807, 2.05) is 39.9 Å². The highest BCUT2D eigenvalue weighted by Gasteiger charge is 2.19. The summed E-state index contributed by atoms with van der Waals surface area (Å²) in [6, 6.07) is 7.80. The Morgan fingerprint density at radius 2 is 1.83 bits per heavy atom. The van der Waals surface area contributed by atoms with E-state index in [9.17, 15) is 9.90 Å². The molecule has 0 radical (unpaired) electrons. The van der Waals surface area contributed by atoms with Gasteiger partial charge in [-0.1, -0.05) is 31.9 Å². The quantitative estimate of drug-likeness (QED) is 0.715. The van der Waals surface area contributed by atoms with E-state index < -0.39 is 0 Å². The topological polar surface area (TPSA) is 52.6 Å². The predicted molar refractivity (Wildman–Crippen MR) is 96.8 cm³/mol. The molecule has 2 aromatic heterocycles. The third kappa shape index (κ3) is 5.97. The number of aliphatic hydroxyl groups is 1. The number of amides is 2. The first-order valence-corrected chi connectivity index (χ1v) is 9.70. The maximum absolute atomic E-state index is 12.6. The van der Waals surface area contributed by atoms with E-state index in [-0.39, 0.29) is 18.7 Å². The molecule has 23 heavy (non-hydrogen) atoms. The van der Waals surface area contributed by atoms with Gasteiger partial charge in [0.25, 0.3) is 0 Å². The van der Waals surface area contributed by atoms with Gasteiger partial charge in [-0.25, -0.2) is 4.79 Å². The van der Waals surface area contributed by atoms with Crippen molar-refractivity contribution in [3.05, 3.63) is 44.8 Å². The van der Waals surface area contributed by atoms with Crippen LogP contribution in [-0.4, -0.2) is 28.7 Å². The van der Waals surface area contributed by atoms with Gasteiger partial charge in [-0.2, -0.15) is 0 Å². The number of urea groups is 1. The summed E-state index contributed by atoms with van der Waals surface area (Å²) in [7, 11) is 0. The van der Waals surface area contributed by atoms with Gasteiger partial charge in [0.1, 0.15) is 0 Å². The second-order valence-electron chi connectivity index (χ2n) is 5.49. The van der Waals surface area contributed by atoms with Crippen LogP contribution in [0.1, 0.15) is 35.9 Å². The number of rotatable bonds is 9. The van der Waals surface area contributed by atoms with Crippen molar-refractivity contribution in [1.29, 1.82) is 0 Å². The number of unbranched alkanes of at least 4 members (excludes halogenated alkanes) is 1. The van der Waals surface area contributed by atoms with E-state index in [2.05, 4.69) is 12.2 Å². The minimum atomic E-state index is -0.170. The van der Waals surface area contributed by atoms with Crippen LogP contribution in [0.2, 0.25) is 0 Å². The zero-order valence-corrected chi connectivity index (χ0v) is 15.0. The van der Waals surface area contributed by atoms with Crippen molar-refractivity contribution in [1.82, 2.24) is 10.2 Å². The van der Waals surface area contributed by atoms with Gasteiger partial charge in [0.15, 0.2) is 0 Å². The molecule has 0 aliphatic carbocycles. The molecular formula is C17H24N2O2S2. The molecule has 0 bridgehead atoms. The monoisotopic (exact) mass is 352 g/mol. The molecular weight excluding hydrogens is 328 g/mol. The number of nitrogens with zero attached hydrogens (tertiary/aromatic N) is 1. The maximum atomic E-state index is 12.6. The Morgan fingerprint density at radius 3 is 2.26 bits per heavy atom. The molecule has 6 heteroatoms. The lowest BCUT2D eigenvalue weighted by Crippen LogP contribution is -2.45. The normalized spacial score (nSPS) is 12.1. The smallest absolute Gasteiger partial charge is 0.318 e. The fourth-order valence-electron chi connectivity index (χ4n) is 2.31. The summed E-state index contributed by atoms with van der Waals surface area (Å²) in [4.78, 5) is 16.8. The van der Waals surface area contributed by atoms with Crippen molar-refractivity contribution in [3.63, 3.8) is 0 Å². The van der Waals surface area contributed by atoms with Crippen molar-refractivity contribution < 1.29 is 9.90 Å². The number of carbonyl (C=O) groups is 1. The maximum Gasteiger partial charge on any atom is 0.318 e. The van der Waals surface area contributed by atoms with Crippen LogP contribution in [0.3, 0.4) is 0 Å². The fourth-order valence-corrected chi connectivity index (χ4v) is 3.75. The van der Waals surface area contributed by atoms with Crippen molar-refractivity contribution in [2.45, 2.75) is 45.3 Å². The Balaban J connectivity index is 2.00. The third-order valence-electron chi connectivity index (χ3n) is 3.59. The highest BCUT2D eigenvalue weighted by molar-refractivity contribution is 7.10. The molecule has 2 amide bonds. The standard InChI is InChI=1S/C17H24N2O2S2/c1-2-3-6-14(13-20)18-17(21)19(11-15-7-4-9-22-15)12-16-8-5-10-23-16/h4-5,7-10,14,20H,2-3,6,11-13H2,1H3,(H,18,21)/t14-/m0/s1. The first-order valence-electron chi connectivity index (χ1n) is 7.94. The molecule has 0 saturated heterocycles. The molecule has 0 aliphatic rings. The Morgan fingerprint density at radius 1 is 1.22 bits per heavy atom. The summed E-state index contributed by atoms with van der Waals surface area (Å²) >= 11 is 3.30. The summed E-state index contributed by atoms with van der Waals surface area (Å²) in [6.07, 6.45) is 2.87. The van der Waals surface area contributed by atoms with E-state index in [0.717, 1.165) is 29.0 Å². The summed E-state index contributed by atoms with van der Waals surface area (Å²) in [5.74, 6) is 0. The van der Waals surface area contributed by atoms with Crippen LogP contribution in [0.25, 0.3) is 0 Å². The van der Waals surface area contributed by atoms with Gasteiger partial charge in [0.2, 0.25) is 0 Å². The largest absolute Gasteiger partial charge is 0.394 e. The highest BCUT2D eigenvalue weighted by atomic mass is 32.1. The van der Waals surface area contributed by atoms with Crippen LogP contribution in [-0.2, 0) is 13.1 Å². The molecule has 0 unspecified atom stereocenters. The van der Waals surface area contributed by atoms with Crippen LogP contribution < -0.4 is 5.32 Å². The molecule has 4 nitrogen and oxygen atoms in total. The van der Waals surface area contributed by atoms with Gasteiger partial charge in [-0.3, -0.25) is 0 Å². The predicted octanol–water partition coefficient (Wildman–Crippen LogP) is 4.07. The van der Waals surface area contributed by atoms with Crippen molar-refractivity contribution in [2.75, 3.05) is 6.61 Å². The molecule has 0 saturated carbocycles. The number of hydrogen-bond donors (Lipinski definition) is 2. The van der Waals surface area contributed by atoms with Gasteiger partial charge < -0.3 is 15.3 Å². The van der Waals surface area contributed by atoms with E-state index in [0.29, 0.717) is 13.1 Å². The molecule has 2 heterocycles. The molecule has 2 N–H and O–H groups in total. The zero-order chi connectivity index (χ0) is 16.5. The molecule has 0 spiro atoms. The minimum Gasteiger partial charge on any atom is -0.394 e. The van der Waals surface area contributed by atoms with Gasteiger partial charge in [0.05, 0.1) is 25.7 Å². The van der Waals surface area contributed by atoms with E-state index >= 15 is 0 Å². The van der Waals surface area contributed by atoms with Gasteiger partial charge in [-0.05, 0) is 29.3 Å². The third-order valence-corrected chi connectivity index (χ3v) is 5.32.